The first kappa shape index (κ1) is 81.0. The number of hydrogen-bond donors (Lipinski definition) is 6. The van der Waals surface area contributed by atoms with Gasteiger partial charge >= 0.3 is 0 Å². The number of anilines is 2. The molecular formula is C83H114N10O11S3. The summed E-state index contributed by atoms with van der Waals surface area (Å²) >= 11 is 3.33. The third-order valence-corrected chi connectivity index (χ3v) is 26.5. The summed E-state index contributed by atoms with van der Waals surface area (Å²) in [6.45, 7) is 25.6. The van der Waals surface area contributed by atoms with Gasteiger partial charge in [-0.1, -0.05) is 102 Å². The number of carbonyl (C=O) groups is 6. The lowest BCUT2D eigenvalue weighted by Gasteiger charge is -2.73. The molecule has 3 saturated heterocycles. The van der Waals surface area contributed by atoms with Crippen LogP contribution in [0.4, 0.5) is 11.4 Å². The van der Waals surface area contributed by atoms with Crippen LogP contribution in [0.3, 0.4) is 0 Å². The fourth-order valence-electron chi connectivity index (χ4n) is 16.6. The molecule has 4 heterocycles. The monoisotopic (exact) mass is 1520 g/mol. The van der Waals surface area contributed by atoms with Gasteiger partial charge in [0, 0.05) is 131 Å². The van der Waals surface area contributed by atoms with Gasteiger partial charge < -0.3 is 50.5 Å². The smallest absolute Gasteiger partial charge is 0.264 e. The van der Waals surface area contributed by atoms with Crippen molar-refractivity contribution in [3.8, 4) is 10.4 Å². The van der Waals surface area contributed by atoms with Gasteiger partial charge in [-0.3, -0.25) is 33.7 Å². The van der Waals surface area contributed by atoms with Crippen molar-refractivity contribution in [1.82, 2.24) is 40.4 Å². The van der Waals surface area contributed by atoms with Gasteiger partial charge in [0.15, 0.2) is 0 Å². The number of aliphatic hydroxyl groups excluding tert-OH is 1. The number of piperazine rings is 1. The molecule has 21 nitrogen and oxygen atoms in total. The normalized spacial score (nSPS) is 21.8. The summed E-state index contributed by atoms with van der Waals surface area (Å²) in [7, 11) is -4.19. The number of piperidine rings is 1. The Morgan fingerprint density at radius 2 is 1.50 bits per heavy atom. The van der Waals surface area contributed by atoms with Crippen LogP contribution in [0.15, 0.2) is 124 Å². The van der Waals surface area contributed by atoms with E-state index < -0.39 is 57.3 Å². The number of sulfonamides is 1. The number of hydrogen-bond acceptors (Lipinski definition) is 18. The van der Waals surface area contributed by atoms with Crippen LogP contribution in [0.1, 0.15) is 165 Å². The van der Waals surface area contributed by atoms with E-state index in [0.717, 1.165) is 121 Å². The molecule has 6 fully saturated rings. The van der Waals surface area contributed by atoms with Gasteiger partial charge in [0.1, 0.15) is 17.9 Å². The van der Waals surface area contributed by atoms with Gasteiger partial charge in [0.25, 0.3) is 15.9 Å². The van der Waals surface area contributed by atoms with Gasteiger partial charge in [-0.05, 0) is 184 Å². The minimum Gasteiger partial charge on any atom is -0.391 e. The number of Topliss-reactive ketones (excluding diaryl/α,β-unsaturated/α-hetero) is 1. The molecule has 0 unspecified atom stereocenters. The number of benzene rings is 4. The number of carbonyl (C=O) groups excluding carboxylic acids is 6. The Morgan fingerprint density at radius 3 is 2.18 bits per heavy atom. The van der Waals surface area contributed by atoms with Crippen LogP contribution in [-0.2, 0) is 50.0 Å². The summed E-state index contributed by atoms with van der Waals surface area (Å²) in [5, 5.41) is 22.9. The summed E-state index contributed by atoms with van der Waals surface area (Å²) in [4.78, 5) is 95.8. The van der Waals surface area contributed by atoms with E-state index in [2.05, 4.69) is 78.6 Å². The SMILES string of the molecule is CCC12CC(C3=C(CN4CCN(c5ccc(C(=O)NS(=O)(=O)c6ccc(N[C@H](CCN7CCC(C(=O)CCCOCCOCCNC(=O)CCC(=O)N[C@H](C(=O)N8C[C@H](O)C[C@H]8C(=O)NCc8ccc(-c9scnc9C)cc8)C(C)(C)C)CC7)CSc7ccccc7)c(C)c6)cc5)CC4)CCC(C)(C)C3)(C1)C2. The number of thioether (sulfide) groups is 1. The zero-order valence-corrected chi connectivity index (χ0v) is 66.6. The van der Waals surface area contributed by atoms with Crippen LogP contribution in [0.2, 0.25) is 0 Å². The first-order chi connectivity index (χ1) is 51.2. The Labute approximate surface area is 642 Å². The van der Waals surface area contributed by atoms with Crippen molar-refractivity contribution in [3.05, 3.63) is 136 Å². The molecule has 0 radical (unpaired) electrons. The van der Waals surface area contributed by atoms with Gasteiger partial charge in [0.2, 0.25) is 23.6 Å². The molecule has 4 atom stereocenters. The number of ketones is 1. The first-order valence-corrected chi connectivity index (χ1v) is 42.1. The number of likely N-dealkylation sites (tertiary alicyclic amines) is 2. The van der Waals surface area contributed by atoms with E-state index in [9.17, 15) is 42.3 Å². The van der Waals surface area contributed by atoms with Crippen LogP contribution >= 0.6 is 23.1 Å². The van der Waals surface area contributed by atoms with E-state index in [1.807, 2.05) is 94.8 Å². The molecule has 0 spiro atoms. The number of β-amino-alcohol motifs (C(OH)–C–C–N with tert-alkyl or cyclic N) is 1. The second kappa shape index (κ2) is 36.2. The quantitative estimate of drug-likeness (QED) is 0.0124. The number of nitrogens with one attached hydrogen (secondary N) is 5. The number of ether oxygens (including phenoxy) is 2. The van der Waals surface area contributed by atoms with Gasteiger partial charge in [-0.2, -0.15) is 0 Å². The minimum absolute atomic E-state index is 0.00318. The van der Waals surface area contributed by atoms with Gasteiger partial charge in [0.05, 0.1) is 46.9 Å². The Morgan fingerprint density at radius 1 is 0.804 bits per heavy atom. The van der Waals surface area contributed by atoms with E-state index in [0.29, 0.717) is 48.9 Å². The molecule has 12 rings (SSSR count). The predicted octanol–water partition coefficient (Wildman–Crippen LogP) is 11.5. The lowest BCUT2D eigenvalue weighted by atomic mass is 9.31. The molecule has 4 aromatic carbocycles. The third kappa shape index (κ3) is 21.5. The van der Waals surface area contributed by atoms with Crippen LogP contribution in [0.5, 0.6) is 0 Å². The highest BCUT2D eigenvalue weighted by Crippen LogP contribution is 2.79. The van der Waals surface area contributed by atoms with Crippen LogP contribution in [0.25, 0.3) is 10.4 Å². The summed E-state index contributed by atoms with van der Waals surface area (Å²) in [6.07, 6.45) is 11.6. The van der Waals surface area contributed by atoms with Crippen LogP contribution in [0, 0.1) is 41.4 Å². The van der Waals surface area contributed by atoms with E-state index in [1.54, 1.807) is 64.5 Å². The van der Waals surface area contributed by atoms with E-state index >= 15 is 0 Å². The first-order valence-electron chi connectivity index (χ1n) is 38.8. The fourth-order valence-corrected chi connectivity index (χ4v) is 19.5. The van der Waals surface area contributed by atoms with Crippen molar-refractivity contribution in [2.24, 2.45) is 27.6 Å². The van der Waals surface area contributed by atoms with E-state index in [1.165, 1.54) is 49.8 Å². The predicted molar refractivity (Wildman–Crippen MR) is 423 cm³/mol. The van der Waals surface area contributed by atoms with E-state index in [-0.39, 0.29) is 79.6 Å². The molecule has 4 aliphatic carbocycles. The number of nitrogens with zero attached hydrogens (tertiary/aromatic N) is 5. The maximum atomic E-state index is 14.1. The van der Waals surface area contributed by atoms with Crippen LogP contribution < -0.4 is 30.9 Å². The van der Waals surface area contributed by atoms with E-state index in [4.69, 9.17) is 9.47 Å². The Bertz CT molecular complexity index is 4010. The third-order valence-electron chi connectivity index (χ3n) is 23.1. The zero-order chi connectivity index (χ0) is 76.1. The number of thiazole rings is 1. The second-order valence-electron chi connectivity index (χ2n) is 32.8. The molecule has 24 heteroatoms. The van der Waals surface area contributed by atoms with Crippen molar-refractivity contribution < 1.29 is 51.8 Å². The highest BCUT2D eigenvalue weighted by molar-refractivity contribution is 7.99. The molecule has 580 valence electrons. The second-order valence-corrected chi connectivity index (χ2v) is 36.4. The molecule has 5 amide bonds. The summed E-state index contributed by atoms with van der Waals surface area (Å²) in [5.74, 6) is -1.36. The Kier molecular flexibility index (Phi) is 27.4. The average molecular weight is 1520 g/mol. The highest BCUT2D eigenvalue weighted by atomic mass is 32.2. The van der Waals surface area contributed by atoms with Crippen molar-refractivity contribution >= 4 is 79.8 Å². The molecule has 7 aliphatic rings. The van der Waals surface area contributed by atoms with Gasteiger partial charge in [-0.25, -0.2) is 18.1 Å². The maximum Gasteiger partial charge on any atom is 0.264 e. The number of aromatic nitrogens is 1. The molecule has 5 aromatic rings. The summed E-state index contributed by atoms with van der Waals surface area (Å²) < 4.78 is 41.4. The molecule has 3 saturated carbocycles. The lowest BCUT2D eigenvalue weighted by Crippen LogP contribution is -2.63. The molecule has 107 heavy (non-hydrogen) atoms. The average Bonchev–Trinajstić information content (AvgIpc) is 0.823. The molecule has 6 N–H and O–H groups in total. The standard InChI is InChI=1S/C83H114N10O11S3/c1-9-82-53-83(54-82,55-82)69-48-81(7,8)33-29-63(69)50-91-38-40-92(41-39-91)65-23-21-62(22-24-65)77(98)89-107(101,102)68-25-26-70(57(2)46-68)87-64(52-105-67-14-11-10-12-15-67)32-37-90-35-30-60(31-36-90)72(95)16-13-42-103-44-45-104-43-34-84-73(96)27-28-74(97)88-76(80(4,5)6)79(100)93-51-66(94)47-71(93)78(99)85-49-59-17-19-61(20-18-59)75-58(3)86-56-106-75/h10-12,14-15,17-26,46,56,60,64,66,71,76,87,94H,9,13,16,27-45,47-55H2,1-8H3,(H,84,96)(H,85,99)(H,88,97)(H,89,98)/t64-,66-,71+,76-,82?,83?/m1/s1. The largest absolute Gasteiger partial charge is 0.391 e. The van der Waals surface area contributed by atoms with Crippen molar-refractivity contribution in [2.75, 3.05) is 108 Å². The Balaban J connectivity index is 0.540. The number of allylic oxidation sites excluding steroid dienone is 1. The molecule has 1 aromatic heterocycles. The molecular weight excluding hydrogens is 1410 g/mol. The topological polar surface area (TPSA) is 261 Å². The summed E-state index contributed by atoms with van der Waals surface area (Å²) in [6, 6.07) is 28.4. The number of aliphatic hydroxyl groups is 1. The summed E-state index contributed by atoms with van der Waals surface area (Å²) in [5.41, 5.74) is 11.8. The maximum absolute atomic E-state index is 14.1. The molecule has 3 aliphatic heterocycles. The van der Waals surface area contributed by atoms with Crippen molar-refractivity contribution in [2.45, 2.75) is 192 Å². The van der Waals surface area contributed by atoms with Crippen molar-refractivity contribution in [1.29, 1.82) is 0 Å². The zero-order valence-electron chi connectivity index (χ0n) is 64.1. The number of amides is 5. The highest BCUT2D eigenvalue weighted by Gasteiger charge is 2.68. The molecule has 2 bridgehead atoms. The minimum atomic E-state index is -4.19. The Hall–Kier alpha value is -7.03. The lowest BCUT2D eigenvalue weighted by molar-refractivity contribution is -0.182. The fraction of sp³-hybridized carbons (Fsp3) is 0.578. The van der Waals surface area contributed by atoms with Crippen molar-refractivity contribution in [3.63, 3.8) is 0 Å². The number of rotatable bonds is 36. The van der Waals surface area contributed by atoms with Gasteiger partial charge in [-0.15, -0.1) is 23.1 Å². The number of aryl methyl sites for hydroxylation is 2. The van der Waals surface area contributed by atoms with Crippen LogP contribution in [-0.4, -0.2) is 190 Å².